The van der Waals surface area contributed by atoms with Gasteiger partial charge in [0.2, 0.25) is 0 Å². The lowest BCUT2D eigenvalue weighted by Crippen LogP contribution is -2.48. The topological polar surface area (TPSA) is 46.6 Å². The molecule has 138 valence electrons. The van der Waals surface area contributed by atoms with Crippen LogP contribution in [0.25, 0.3) is 0 Å². The fourth-order valence-electron chi connectivity index (χ4n) is 2.86. The minimum Gasteiger partial charge on any atom is -0.464 e. The van der Waals surface area contributed by atoms with E-state index in [0.29, 0.717) is 17.9 Å². The third-order valence-electron chi connectivity index (χ3n) is 4.28. The van der Waals surface area contributed by atoms with Crippen LogP contribution in [0.1, 0.15) is 50.5 Å². The lowest BCUT2D eigenvalue weighted by Gasteiger charge is -2.30. The van der Waals surface area contributed by atoms with Crippen molar-refractivity contribution in [3.8, 4) is 0 Å². The zero-order chi connectivity index (χ0) is 18.6. The van der Waals surface area contributed by atoms with Crippen LogP contribution in [0.5, 0.6) is 0 Å². The van der Waals surface area contributed by atoms with Gasteiger partial charge in [0.05, 0.1) is 12.0 Å². The number of benzene rings is 1. The number of rotatable bonds is 6. The monoisotopic (exact) mass is 363 g/mol. The minimum atomic E-state index is -0.505. The molecule has 1 saturated heterocycles. The van der Waals surface area contributed by atoms with Crippen molar-refractivity contribution < 1.29 is 14.3 Å². The van der Waals surface area contributed by atoms with E-state index in [9.17, 15) is 9.59 Å². The minimum absolute atomic E-state index is 0.00467. The summed E-state index contributed by atoms with van der Waals surface area (Å²) in [6.07, 6.45) is 0.937. The van der Waals surface area contributed by atoms with Gasteiger partial charge in [0, 0.05) is 11.3 Å². The maximum absolute atomic E-state index is 13.1. The number of amides is 1. The van der Waals surface area contributed by atoms with Crippen LogP contribution in [-0.2, 0) is 16.0 Å². The van der Waals surface area contributed by atoms with Gasteiger partial charge in [0.15, 0.2) is 0 Å². The molecule has 1 aliphatic heterocycles. The number of hydrogen-bond donors (Lipinski definition) is 0. The van der Waals surface area contributed by atoms with E-state index in [1.54, 1.807) is 16.7 Å². The van der Waals surface area contributed by atoms with Crippen molar-refractivity contribution in [1.82, 2.24) is 4.90 Å². The average molecular weight is 364 g/mol. The fourth-order valence-corrected chi connectivity index (χ4v) is 4.32. The second-order valence-electron chi connectivity index (χ2n) is 7.27. The van der Waals surface area contributed by atoms with Gasteiger partial charge in [-0.2, -0.15) is 0 Å². The van der Waals surface area contributed by atoms with E-state index in [2.05, 4.69) is 20.8 Å². The van der Waals surface area contributed by atoms with Crippen molar-refractivity contribution in [2.75, 3.05) is 12.4 Å². The fraction of sp³-hybridized carbons (Fsp3) is 0.600. The molecule has 25 heavy (non-hydrogen) atoms. The van der Waals surface area contributed by atoms with Crippen LogP contribution in [0, 0.1) is 11.8 Å². The molecule has 0 spiro atoms. The first kappa shape index (κ1) is 19.8. The molecule has 0 aliphatic carbocycles. The highest BCUT2D eigenvalue weighted by molar-refractivity contribution is 8.00. The molecule has 4 nitrogen and oxygen atoms in total. The zero-order valence-electron chi connectivity index (χ0n) is 15.8. The molecule has 0 aromatic heterocycles. The SMILES string of the molecule is CCc1ccc(C(=O)N2C(C(=O)OCC(C)C)CSC2C(C)C)cc1. The summed E-state index contributed by atoms with van der Waals surface area (Å²) in [4.78, 5) is 27.4. The predicted octanol–water partition coefficient (Wildman–Crippen LogP) is 3.99. The summed E-state index contributed by atoms with van der Waals surface area (Å²) < 4.78 is 5.42. The second-order valence-corrected chi connectivity index (χ2v) is 8.42. The molecule has 2 unspecified atom stereocenters. The predicted molar refractivity (Wildman–Crippen MR) is 103 cm³/mol. The third kappa shape index (κ3) is 4.78. The molecule has 1 aromatic carbocycles. The summed E-state index contributed by atoms with van der Waals surface area (Å²) in [5, 5.41) is -0.00467. The Morgan fingerprint density at radius 2 is 1.84 bits per heavy atom. The Labute approximate surface area is 155 Å². The van der Waals surface area contributed by atoms with E-state index >= 15 is 0 Å². The summed E-state index contributed by atoms with van der Waals surface area (Å²) in [7, 11) is 0. The number of carbonyl (C=O) groups excluding carboxylic acids is 2. The van der Waals surface area contributed by atoms with Crippen molar-refractivity contribution in [2.24, 2.45) is 11.8 Å². The Morgan fingerprint density at radius 3 is 2.36 bits per heavy atom. The van der Waals surface area contributed by atoms with Crippen LogP contribution in [0.2, 0.25) is 0 Å². The van der Waals surface area contributed by atoms with E-state index in [4.69, 9.17) is 4.74 Å². The molecule has 1 fully saturated rings. The van der Waals surface area contributed by atoms with Gasteiger partial charge in [-0.3, -0.25) is 4.79 Å². The molecule has 1 amide bonds. The van der Waals surface area contributed by atoms with Gasteiger partial charge >= 0.3 is 5.97 Å². The van der Waals surface area contributed by atoms with Crippen LogP contribution in [-0.4, -0.2) is 40.6 Å². The van der Waals surface area contributed by atoms with Crippen molar-refractivity contribution >= 4 is 23.6 Å². The van der Waals surface area contributed by atoms with E-state index < -0.39 is 6.04 Å². The number of thioether (sulfide) groups is 1. The number of carbonyl (C=O) groups is 2. The van der Waals surface area contributed by atoms with Crippen molar-refractivity contribution in [3.05, 3.63) is 35.4 Å². The molecule has 0 saturated carbocycles. The molecule has 1 heterocycles. The number of ether oxygens (including phenoxy) is 1. The van der Waals surface area contributed by atoms with E-state index in [1.165, 1.54) is 5.56 Å². The van der Waals surface area contributed by atoms with Gasteiger partial charge in [-0.15, -0.1) is 11.8 Å². The van der Waals surface area contributed by atoms with Crippen molar-refractivity contribution in [1.29, 1.82) is 0 Å². The summed E-state index contributed by atoms with van der Waals surface area (Å²) in [5.41, 5.74) is 1.83. The smallest absolute Gasteiger partial charge is 0.329 e. The maximum atomic E-state index is 13.1. The van der Waals surface area contributed by atoms with Gasteiger partial charge in [-0.05, 0) is 36.0 Å². The lowest BCUT2D eigenvalue weighted by molar-refractivity contribution is -0.149. The summed E-state index contributed by atoms with van der Waals surface area (Å²) in [5.74, 6) is 0.774. The highest BCUT2D eigenvalue weighted by Crippen LogP contribution is 2.35. The Hall–Kier alpha value is -1.49. The molecular weight excluding hydrogens is 334 g/mol. The Bertz CT molecular complexity index is 597. The van der Waals surface area contributed by atoms with E-state index in [1.807, 2.05) is 38.1 Å². The summed E-state index contributed by atoms with van der Waals surface area (Å²) in [6, 6.07) is 7.17. The lowest BCUT2D eigenvalue weighted by atomic mass is 10.1. The molecule has 1 aliphatic rings. The van der Waals surface area contributed by atoms with E-state index in [-0.39, 0.29) is 29.1 Å². The maximum Gasteiger partial charge on any atom is 0.329 e. The Kier molecular flexibility index (Phi) is 6.94. The average Bonchev–Trinajstić information content (AvgIpc) is 3.04. The number of nitrogens with zero attached hydrogens (tertiary/aromatic N) is 1. The van der Waals surface area contributed by atoms with Crippen molar-refractivity contribution in [2.45, 2.75) is 52.5 Å². The number of esters is 1. The van der Waals surface area contributed by atoms with Gasteiger partial charge < -0.3 is 9.64 Å². The van der Waals surface area contributed by atoms with Gasteiger partial charge in [-0.25, -0.2) is 4.79 Å². The first-order valence-electron chi connectivity index (χ1n) is 9.05. The number of aryl methyl sites for hydroxylation is 1. The van der Waals surface area contributed by atoms with Crippen LogP contribution in [0.4, 0.5) is 0 Å². The first-order chi connectivity index (χ1) is 11.8. The van der Waals surface area contributed by atoms with Gasteiger partial charge in [0.25, 0.3) is 5.91 Å². The summed E-state index contributed by atoms with van der Waals surface area (Å²) >= 11 is 1.66. The zero-order valence-corrected chi connectivity index (χ0v) is 16.6. The van der Waals surface area contributed by atoms with Crippen LogP contribution >= 0.6 is 11.8 Å². The molecule has 0 bridgehead atoms. The van der Waals surface area contributed by atoms with Crippen LogP contribution in [0.15, 0.2) is 24.3 Å². The highest BCUT2D eigenvalue weighted by Gasteiger charge is 2.43. The normalized spacial score (nSPS) is 20.4. The first-order valence-corrected chi connectivity index (χ1v) is 10.1. The molecule has 0 N–H and O–H groups in total. The second kappa shape index (κ2) is 8.75. The van der Waals surface area contributed by atoms with Crippen molar-refractivity contribution in [3.63, 3.8) is 0 Å². The third-order valence-corrected chi connectivity index (χ3v) is 5.90. The Morgan fingerprint density at radius 1 is 1.20 bits per heavy atom. The molecule has 5 heteroatoms. The molecular formula is C20H29NO3S. The Balaban J connectivity index is 2.22. The van der Waals surface area contributed by atoms with Crippen LogP contribution < -0.4 is 0 Å². The quantitative estimate of drug-likeness (QED) is 0.717. The van der Waals surface area contributed by atoms with Gasteiger partial charge in [0.1, 0.15) is 6.04 Å². The van der Waals surface area contributed by atoms with Crippen LogP contribution in [0.3, 0.4) is 0 Å². The molecule has 2 rings (SSSR count). The summed E-state index contributed by atoms with van der Waals surface area (Å²) in [6.45, 7) is 10.7. The largest absolute Gasteiger partial charge is 0.464 e. The number of hydrogen-bond acceptors (Lipinski definition) is 4. The van der Waals surface area contributed by atoms with E-state index in [0.717, 1.165) is 6.42 Å². The standard InChI is InChI=1S/C20H29NO3S/c1-6-15-7-9-16(10-8-15)18(22)21-17(12-25-19(21)14(4)5)20(23)24-11-13(2)3/h7-10,13-14,17,19H,6,11-12H2,1-5H3. The highest BCUT2D eigenvalue weighted by atomic mass is 32.2. The van der Waals surface area contributed by atoms with Gasteiger partial charge in [-0.1, -0.05) is 46.8 Å². The molecule has 2 atom stereocenters. The molecule has 1 aromatic rings. The molecule has 0 radical (unpaired) electrons.